The van der Waals surface area contributed by atoms with E-state index in [2.05, 4.69) is 37.6 Å². The molecule has 0 fully saturated rings. The van der Waals surface area contributed by atoms with Crippen LogP contribution in [0.3, 0.4) is 0 Å². The Morgan fingerprint density at radius 1 is 1.53 bits per heavy atom. The van der Waals surface area contributed by atoms with Crippen molar-refractivity contribution < 1.29 is 0 Å². The molecule has 1 unspecified atom stereocenters. The SMILES string of the molecule is CC(C#N)CCc1nc2ccc(Br)cc2n1C. The van der Waals surface area contributed by atoms with Gasteiger partial charge in [-0.05, 0) is 31.5 Å². The highest BCUT2D eigenvalue weighted by atomic mass is 79.9. The molecule has 2 aromatic rings. The molecular weight excluding hydrogens is 278 g/mol. The average molecular weight is 292 g/mol. The molecule has 4 heteroatoms. The Morgan fingerprint density at radius 3 is 3.00 bits per heavy atom. The number of nitrogens with zero attached hydrogens (tertiary/aromatic N) is 3. The van der Waals surface area contributed by atoms with Crippen LogP contribution in [-0.2, 0) is 13.5 Å². The predicted octanol–water partition coefficient (Wildman–Crippen LogP) is 3.43. The summed E-state index contributed by atoms with van der Waals surface area (Å²) in [5.41, 5.74) is 2.13. The van der Waals surface area contributed by atoms with E-state index in [1.807, 2.05) is 26.1 Å². The summed E-state index contributed by atoms with van der Waals surface area (Å²) in [5, 5.41) is 8.77. The van der Waals surface area contributed by atoms with Crippen LogP contribution in [0.15, 0.2) is 22.7 Å². The van der Waals surface area contributed by atoms with Gasteiger partial charge in [0, 0.05) is 23.9 Å². The zero-order valence-corrected chi connectivity index (χ0v) is 11.5. The van der Waals surface area contributed by atoms with Gasteiger partial charge in [-0.3, -0.25) is 0 Å². The van der Waals surface area contributed by atoms with E-state index >= 15 is 0 Å². The number of hydrogen-bond acceptors (Lipinski definition) is 2. The first-order valence-electron chi connectivity index (χ1n) is 5.62. The van der Waals surface area contributed by atoms with Crippen LogP contribution in [0.1, 0.15) is 19.2 Å². The zero-order chi connectivity index (χ0) is 12.4. The maximum absolute atomic E-state index is 8.77. The molecule has 1 atom stereocenters. The van der Waals surface area contributed by atoms with Gasteiger partial charge in [0.05, 0.1) is 17.1 Å². The van der Waals surface area contributed by atoms with Gasteiger partial charge in [-0.15, -0.1) is 0 Å². The average Bonchev–Trinajstić information content (AvgIpc) is 2.63. The van der Waals surface area contributed by atoms with Crippen LogP contribution in [-0.4, -0.2) is 9.55 Å². The molecule has 0 bridgehead atoms. The summed E-state index contributed by atoms with van der Waals surface area (Å²) in [6.07, 6.45) is 1.70. The van der Waals surface area contributed by atoms with Gasteiger partial charge in [0.2, 0.25) is 0 Å². The van der Waals surface area contributed by atoms with Crippen molar-refractivity contribution in [2.75, 3.05) is 0 Å². The molecule has 0 aliphatic carbocycles. The molecule has 0 saturated carbocycles. The summed E-state index contributed by atoms with van der Waals surface area (Å²) in [5.74, 6) is 1.13. The molecule has 3 nitrogen and oxygen atoms in total. The standard InChI is InChI=1S/C13H14BrN3/c1-9(8-15)3-6-13-16-11-5-4-10(14)7-12(11)17(13)2/h4-5,7,9H,3,6H2,1-2H3. The fourth-order valence-corrected chi connectivity index (χ4v) is 2.20. The number of fused-ring (bicyclic) bond motifs is 1. The summed E-state index contributed by atoms with van der Waals surface area (Å²) in [6.45, 7) is 1.94. The van der Waals surface area contributed by atoms with Crippen LogP contribution in [0, 0.1) is 17.2 Å². The van der Waals surface area contributed by atoms with Crippen molar-refractivity contribution in [1.29, 1.82) is 5.26 Å². The molecule has 0 amide bonds. The van der Waals surface area contributed by atoms with Crippen molar-refractivity contribution in [1.82, 2.24) is 9.55 Å². The summed E-state index contributed by atoms with van der Waals surface area (Å²) in [6, 6.07) is 8.33. The maximum atomic E-state index is 8.77. The molecule has 0 radical (unpaired) electrons. The van der Waals surface area contributed by atoms with E-state index in [-0.39, 0.29) is 5.92 Å². The first-order valence-corrected chi connectivity index (χ1v) is 6.41. The van der Waals surface area contributed by atoms with Crippen molar-refractivity contribution in [2.45, 2.75) is 19.8 Å². The van der Waals surface area contributed by atoms with Crippen LogP contribution in [0.4, 0.5) is 0 Å². The van der Waals surface area contributed by atoms with Crippen molar-refractivity contribution >= 4 is 27.0 Å². The van der Waals surface area contributed by atoms with Crippen LogP contribution < -0.4 is 0 Å². The fraction of sp³-hybridized carbons (Fsp3) is 0.385. The summed E-state index contributed by atoms with van der Waals surface area (Å²) < 4.78 is 3.16. The van der Waals surface area contributed by atoms with Crippen molar-refractivity contribution in [3.05, 3.63) is 28.5 Å². The fourth-order valence-electron chi connectivity index (χ4n) is 1.85. The van der Waals surface area contributed by atoms with E-state index in [4.69, 9.17) is 5.26 Å². The minimum atomic E-state index is 0.0848. The quantitative estimate of drug-likeness (QED) is 0.869. The summed E-state index contributed by atoms with van der Waals surface area (Å²) in [4.78, 5) is 4.59. The van der Waals surface area contributed by atoms with Crippen molar-refractivity contribution in [3.8, 4) is 6.07 Å². The molecule has 0 saturated heterocycles. The number of halogens is 1. The number of aromatic nitrogens is 2. The lowest BCUT2D eigenvalue weighted by atomic mass is 10.1. The van der Waals surface area contributed by atoms with Crippen molar-refractivity contribution in [2.24, 2.45) is 13.0 Å². The van der Waals surface area contributed by atoms with E-state index in [0.29, 0.717) is 0 Å². The zero-order valence-electron chi connectivity index (χ0n) is 9.94. The Balaban J connectivity index is 2.30. The van der Waals surface area contributed by atoms with Crippen molar-refractivity contribution in [3.63, 3.8) is 0 Å². The van der Waals surface area contributed by atoms with Crippen LogP contribution in [0.25, 0.3) is 11.0 Å². The van der Waals surface area contributed by atoms with Gasteiger partial charge in [-0.2, -0.15) is 5.26 Å². The lowest BCUT2D eigenvalue weighted by molar-refractivity contribution is 0.629. The molecule has 0 spiro atoms. The number of imidazole rings is 1. The summed E-state index contributed by atoms with van der Waals surface area (Å²) >= 11 is 3.47. The molecule has 1 aromatic heterocycles. The van der Waals surface area contributed by atoms with E-state index in [0.717, 1.165) is 34.2 Å². The van der Waals surface area contributed by atoms with Gasteiger partial charge in [-0.25, -0.2) is 4.98 Å². The number of hydrogen-bond donors (Lipinski definition) is 0. The predicted molar refractivity (Wildman–Crippen MR) is 71.5 cm³/mol. The highest BCUT2D eigenvalue weighted by molar-refractivity contribution is 9.10. The monoisotopic (exact) mass is 291 g/mol. The van der Waals surface area contributed by atoms with E-state index < -0.39 is 0 Å². The van der Waals surface area contributed by atoms with Gasteiger partial charge in [-0.1, -0.05) is 15.9 Å². The smallest absolute Gasteiger partial charge is 0.109 e. The maximum Gasteiger partial charge on any atom is 0.109 e. The normalized spacial score (nSPS) is 12.6. The molecule has 88 valence electrons. The largest absolute Gasteiger partial charge is 0.331 e. The molecule has 0 aliphatic heterocycles. The first-order chi connectivity index (χ1) is 8.11. The third-order valence-corrected chi connectivity index (χ3v) is 3.45. The van der Waals surface area contributed by atoms with Gasteiger partial charge in [0.1, 0.15) is 5.82 Å². The third-order valence-electron chi connectivity index (χ3n) is 2.96. The first kappa shape index (κ1) is 12.1. The number of benzene rings is 1. The highest BCUT2D eigenvalue weighted by Gasteiger charge is 2.09. The molecule has 0 aliphatic rings. The molecule has 1 heterocycles. The second-order valence-electron chi connectivity index (χ2n) is 4.29. The van der Waals surface area contributed by atoms with Crippen LogP contribution in [0.2, 0.25) is 0 Å². The molecule has 2 rings (SSSR count). The second-order valence-corrected chi connectivity index (χ2v) is 5.20. The Bertz CT molecular complexity index is 580. The minimum absolute atomic E-state index is 0.0848. The van der Waals surface area contributed by atoms with E-state index in [1.54, 1.807) is 0 Å². The summed E-state index contributed by atoms with van der Waals surface area (Å²) in [7, 11) is 2.02. The Morgan fingerprint density at radius 2 is 2.29 bits per heavy atom. The highest BCUT2D eigenvalue weighted by Crippen LogP contribution is 2.21. The molecule has 0 N–H and O–H groups in total. The van der Waals surface area contributed by atoms with E-state index in [9.17, 15) is 0 Å². The van der Waals surface area contributed by atoms with Gasteiger partial charge >= 0.3 is 0 Å². The third kappa shape index (κ3) is 2.50. The minimum Gasteiger partial charge on any atom is -0.331 e. The Kier molecular flexibility index (Phi) is 3.49. The lowest BCUT2D eigenvalue weighted by Gasteiger charge is -2.03. The van der Waals surface area contributed by atoms with Crippen LogP contribution >= 0.6 is 15.9 Å². The van der Waals surface area contributed by atoms with Gasteiger partial charge < -0.3 is 4.57 Å². The second kappa shape index (κ2) is 4.89. The Hall–Kier alpha value is -1.34. The van der Waals surface area contributed by atoms with E-state index in [1.165, 1.54) is 0 Å². The lowest BCUT2D eigenvalue weighted by Crippen LogP contribution is -2.01. The van der Waals surface area contributed by atoms with Crippen LogP contribution in [0.5, 0.6) is 0 Å². The molecular formula is C13H14BrN3. The van der Waals surface area contributed by atoms with Gasteiger partial charge in [0.25, 0.3) is 0 Å². The molecule has 17 heavy (non-hydrogen) atoms. The molecule has 1 aromatic carbocycles. The van der Waals surface area contributed by atoms with Gasteiger partial charge in [0.15, 0.2) is 0 Å². The Labute approximate surface area is 109 Å². The number of rotatable bonds is 3. The number of aryl methyl sites for hydroxylation is 2. The number of nitriles is 1. The topological polar surface area (TPSA) is 41.6 Å².